The second-order valence-electron chi connectivity index (χ2n) is 3.39. The molecule has 0 saturated carbocycles. The Hall–Kier alpha value is -0.180. The molecular formula is C11H16ClNS. The Balaban J connectivity index is 0.000000980. The molecule has 1 atom stereocenters. The minimum Gasteiger partial charge on any atom is -0.310 e. The standard InChI is InChI=1S/C11H15NS.ClH/c1-13-11-7-3-2-5-9(11)10-6-4-8-12-10;/h2-3,5,7,10,12H,4,6,8H2,1H3;1H/t10-;/m1./s1. The third-order valence-corrected chi connectivity index (χ3v) is 3.39. The molecule has 1 aliphatic rings. The molecule has 2 rings (SSSR count). The lowest BCUT2D eigenvalue weighted by molar-refractivity contribution is 0.636. The Morgan fingerprint density at radius 2 is 2.14 bits per heavy atom. The van der Waals surface area contributed by atoms with Gasteiger partial charge < -0.3 is 5.32 Å². The summed E-state index contributed by atoms with van der Waals surface area (Å²) in [6.45, 7) is 1.17. The molecule has 0 aromatic heterocycles. The van der Waals surface area contributed by atoms with Crippen LogP contribution in [0.4, 0.5) is 0 Å². The van der Waals surface area contributed by atoms with Crippen LogP contribution in [0, 0.1) is 0 Å². The Labute approximate surface area is 96.1 Å². The van der Waals surface area contributed by atoms with Crippen molar-refractivity contribution in [1.29, 1.82) is 0 Å². The molecule has 0 spiro atoms. The predicted molar refractivity (Wildman–Crippen MR) is 65.4 cm³/mol. The molecule has 0 radical (unpaired) electrons. The van der Waals surface area contributed by atoms with Gasteiger partial charge in [0.25, 0.3) is 0 Å². The number of halogens is 1. The van der Waals surface area contributed by atoms with Gasteiger partial charge in [-0.2, -0.15) is 0 Å². The second kappa shape index (κ2) is 5.64. The zero-order valence-electron chi connectivity index (χ0n) is 8.32. The highest BCUT2D eigenvalue weighted by molar-refractivity contribution is 7.98. The first-order valence-corrected chi connectivity index (χ1v) is 6.00. The fourth-order valence-corrected chi connectivity index (χ4v) is 2.56. The number of nitrogens with one attached hydrogen (secondary N) is 1. The van der Waals surface area contributed by atoms with E-state index in [0.717, 1.165) is 0 Å². The molecule has 1 nitrogen and oxygen atoms in total. The number of hydrogen-bond donors (Lipinski definition) is 1. The zero-order chi connectivity index (χ0) is 9.10. The lowest BCUT2D eigenvalue weighted by Crippen LogP contribution is -2.13. The van der Waals surface area contributed by atoms with Crippen LogP contribution in [-0.4, -0.2) is 12.8 Å². The highest BCUT2D eigenvalue weighted by Gasteiger charge is 2.17. The lowest BCUT2D eigenvalue weighted by atomic mass is 10.1. The summed E-state index contributed by atoms with van der Waals surface area (Å²) in [6.07, 6.45) is 4.75. The summed E-state index contributed by atoms with van der Waals surface area (Å²) in [4.78, 5) is 1.42. The topological polar surface area (TPSA) is 12.0 Å². The minimum atomic E-state index is 0. The van der Waals surface area contributed by atoms with E-state index in [1.807, 2.05) is 11.8 Å². The maximum absolute atomic E-state index is 3.53. The fraction of sp³-hybridized carbons (Fsp3) is 0.455. The van der Waals surface area contributed by atoms with Crippen LogP contribution in [0.1, 0.15) is 24.4 Å². The van der Waals surface area contributed by atoms with Crippen molar-refractivity contribution >= 4 is 24.2 Å². The van der Waals surface area contributed by atoms with Crippen LogP contribution in [0.25, 0.3) is 0 Å². The lowest BCUT2D eigenvalue weighted by Gasteiger charge is -2.13. The second-order valence-corrected chi connectivity index (χ2v) is 4.24. The monoisotopic (exact) mass is 229 g/mol. The SMILES string of the molecule is CSc1ccccc1[C@H]1CCCN1.Cl. The Morgan fingerprint density at radius 3 is 2.79 bits per heavy atom. The van der Waals surface area contributed by atoms with Gasteiger partial charge in [0.2, 0.25) is 0 Å². The molecule has 0 bridgehead atoms. The Morgan fingerprint density at radius 1 is 1.36 bits per heavy atom. The predicted octanol–water partition coefficient (Wildman–Crippen LogP) is 3.25. The van der Waals surface area contributed by atoms with Crippen LogP contribution in [0.2, 0.25) is 0 Å². The molecular weight excluding hydrogens is 214 g/mol. The zero-order valence-corrected chi connectivity index (χ0v) is 9.96. The Bertz CT molecular complexity index is 284. The summed E-state index contributed by atoms with van der Waals surface area (Å²) in [5, 5.41) is 3.53. The van der Waals surface area contributed by atoms with Gasteiger partial charge in [-0.05, 0) is 37.3 Å². The van der Waals surface area contributed by atoms with Crippen LogP contribution < -0.4 is 5.32 Å². The largest absolute Gasteiger partial charge is 0.310 e. The molecule has 1 aromatic carbocycles. The van der Waals surface area contributed by atoms with E-state index in [4.69, 9.17) is 0 Å². The van der Waals surface area contributed by atoms with Gasteiger partial charge in [0.05, 0.1) is 0 Å². The molecule has 0 amide bonds. The van der Waals surface area contributed by atoms with Gasteiger partial charge in [-0.1, -0.05) is 18.2 Å². The third-order valence-electron chi connectivity index (χ3n) is 2.57. The van der Waals surface area contributed by atoms with E-state index in [2.05, 4.69) is 35.8 Å². The van der Waals surface area contributed by atoms with Gasteiger partial charge in [-0.3, -0.25) is 0 Å². The van der Waals surface area contributed by atoms with Gasteiger partial charge in [0.1, 0.15) is 0 Å². The quantitative estimate of drug-likeness (QED) is 0.782. The van der Waals surface area contributed by atoms with Gasteiger partial charge in [0.15, 0.2) is 0 Å². The van der Waals surface area contributed by atoms with Crippen molar-refractivity contribution in [3.8, 4) is 0 Å². The van der Waals surface area contributed by atoms with Gasteiger partial charge in [-0.15, -0.1) is 24.2 Å². The van der Waals surface area contributed by atoms with Gasteiger partial charge in [0, 0.05) is 10.9 Å². The van der Waals surface area contributed by atoms with Gasteiger partial charge in [-0.25, -0.2) is 0 Å². The minimum absolute atomic E-state index is 0. The molecule has 78 valence electrons. The van der Waals surface area contributed by atoms with Crippen molar-refractivity contribution in [2.45, 2.75) is 23.8 Å². The molecule has 1 fully saturated rings. The summed E-state index contributed by atoms with van der Waals surface area (Å²) in [5.41, 5.74) is 1.48. The summed E-state index contributed by atoms with van der Waals surface area (Å²) in [6, 6.07) is 9.30. The average molecular weight is 230 g/mol. The molecule has 1 aliphatic heterocycles. The summed E-state index contributed by atoms with van der Waals surface area (Å²) in [7, 11) is 0. The normalized spacial score (nSPS) is 20.5. The first-order chi connectivity index (χ1) is 6.42. The summed E-state index contributed by atoms with van der Waals surface area (Å²) in [5.74, 6) is 0. The highest BCUT2D eigenvalue weighted by Crippen LogP contribution is 2.30. The molecule has 1 heterocycles. The number of thioether (sulfide) groups is 1. The van der Waals surface area contributed by atoms with Crippen molar-refractivity contribution in [2.75, 3.05) is 12.8 Å². The average Bonchev–Trinajstić information content (AvgIpc) is 2.70. The number of rotatable bonds is 2. The molecule has 0 unspecified atom stereocenters. The number of benzene rings is 1. The van der Waals surface area contributed by atoms with Crippen molar-refractivity contribution in [2.24, 2.45) is 0 Å². The van der Waals surface area contributed by atoms with Crippen molar-refractivity contribution < 1.29 is 0 Å². The molecule has 1 N–H and O–H groups in total. The van der Waals surface area contributed by atoms with Crippen molar-refractivity contribution in [1.82, 2.24) is 5.32 Å². The highest BCUT2D eigenvalue weighted by atomic mass is 35.5. The van der Waals surface area contributed by atoms with E-state index >= 15 is 0 Å². The van der Waals surface area contributed by atoms with Crippen LogP contribution >= 0.6 is 24.2 Å². The van der Waals surface area contributed by atoms with Crippen molar-refractivity contribution in [3.63, 3.8) is 0 Å². The van der Waals surface area contributed by atoms with E-state index in [1.165, 1.54) is 29.8 Å². The smallest absolute Gasteiger partial charge is 0.0331 e. The first-order valence-electron chi connectivity index (χ1n) is 4.78. The molecule has 3 heteroatoms. The summed E-state index contributed by atoms with van der Waals surface area (Å²) < 4.78 is 0. The van der Waals surface area contributed by atoms with Crippen LogP contribution in [0.5, 0.6) is 0 Å². The summed E-state index contributed by atoms with van der Waals surface area (Å²) >= 11 is 1.84. The number of hydrogen-bond acceptors (Lipinski definition) is 2. The van der Waals surface area contributed by atoms with Crippen LogP contribution in [0.15, 0.2) is 29.2 Å². The molecule has 1 aromatic rings. The Kier molecular flexibility index (Phi) is 4.79. The van der Waals surface area contributed by atoms with Crippen molar-refractivity contribution in [3.05, 3.63) is 29.8 Å². The van der Waals surface area contributed by atoms with E-state index in [0.29, 0.717) is 6.04 Å². The van der Waals surface area contributed by atoms with Gasteiger partial charge >= 0.3 is 0 Å². The third kappa shape index (κ3) is 2.44. The maximum atomic E-state index is 3.53. The van der Waals surface area contributed by atoms with E-state index in [9.17, 15) is 0 Å². The first kappa shape index (κ1) is 11.9. The molecule has 14 heavy (non-hydrogen) atoms. The van der Waals surface area contributed by atoms with E-state index < -0.39 is 0 Å². The molecule has 1 saturated heterocycles. The molecule has 0 aliphatic carbocycles. The van der Waals surface area contributed by atoms with E-state index in [1.54, 1.807) is 0 Å². The maximum Gasteiger partial charge on any atom is 0.0331 e. The van der Waals surface area contributed by atoms with Crippen LogP contribution in [-0.2, 0) is 0 Å². The van der Waals surface area contributed by atoms with Crippen LogP contribution in [0.3, 0.4) is 0 Å². The fourth-order valence-electron chi connectivity index (χ4n) is 1.90. The van der Waals surface area contributed by atoms with E-state index in [-0.39, 0.29) is 12.4 Å².